The molecule has 1 fully saturated rings. The van der Waals surface area contributed by atoms with Crippen molar-refractivity contribution in [3.8, 4) is 0 Å². The molecule has 0 bridgehead atoms. The molecule has 1 rings (SSSR count). The van der Waals surface area contributed by atoms with Gasteiger partial charge in [-0.3, -0.25) is 0 Å². The molecule has 0 aliphatic heterocycles. The first-order valence-electron chi connectivity index (χ1n) is 5.15. The van der Waals surface area contributed by atoms with Crippen molar-refractivity contribution in [2.75, 3.05) is 0 Å². The summed E-state index contributed by atoms with van der Waals surface area (Å²) in [6.07, 6.45) is 2.58. The van der Waals surface area contributed by atoms with Crippen LogP contribution in [0.25, 0.3) is 0 Å². The quantitative estimate of drug-likeness (QED) is 0.585. The Morgan fingerprint density at radius 2 is 1.62 bits per heavy atom. The van der Waals surface area contributed by atoms with E-state index in [1.165, 1.54) is 25.7 Å². The molecule has 0 amide bonds. The van der Waals surface area contributed by atoms with Crippen LogP contribution in [0.3, 0.4) is 0 Å². The van der Waals surface area contributed by atoms with Crippen molar-refractivity contribution >= 4 is 0 Å². The standard InChI is InChI=1S/C10H17F3/c11-10(12,13)8-4-3-7-9-5-1-2-6-9/h9H,1-8H2. The Hall–Kier alpha value is -0.210. The van der Waals surface area contributed by atoms with Crippen molar-refractivity contribution < 1.29 is 13.2 Å². The smallest absolute Gasteiger partial charge is 0.171 e. The van der Waals surface area contributed by atoms with Gasteiger partial charge in [-0.1, -0.05) is 38.5 Å². The molecule has 0 N–H and O–H groups in total. The third-order valence-electron chi connectivity index (χ3n) is 2.80. The SMILES string of the molecule is FC(F)(F)CCCCC1CCCC1. The van der Waals surface area contributed by atoms with Gasteiger partial charge in [0.2, 0.25) is 0 Å². The van der Waals surface area contributed by atoms with Gasteiger partial charge in [-0.25, -0.2) is 0 Å². The Kier molecular flexibility index (Phi) is 4.07. The van der Waals surface area contributed by atoms with E-state index in [2.05, 4.69) is 0 Å². The number of alkyl halides is 3. The Bertz CT molecular complexity index is 134. The fraction of sp³-hybridized carbons (Fsp3) is 1.00. The normalized spacial score (nSPS) is 19.6. The van der Waals surface area contributed by atoms with E-state index < -0.39 is 12.6 Å². The van der Waals surface area contributed by atoms with Crippen LogP contribution in [0.15, 0.2) is 0 Å². The molecule has 0 aromatic rings. The number of halogens is 3. The van der Waals surface area contributed by atoms with Crippen LogP contribution in [0.1, 0.15) is 51.4 Å². The summed E-state index contributed by atoms with van der Waals surface area (Å²) in [6.45, 7) is 0. The van der Waals surface area contributed by atoms with Crippen LogP contribution < -0.4 is 0 Å². The zero-order chi connectivity index (χ0) is 9.73. The second-order valence-electron chi connectivity index (χ2n) is 4.01. The molecule has 3 heteroatoms. The van der Waals surface area contributed by atoms with Gasteiger partial charge in [0.1, 0.15) is 0 Å². The highest BCUT2D eigenvalue weighted by Crippen LogP contribution is 2.30. The van der Waals surface area contributed by atoms with E-state index in [4.69, 9.17) is 0 Å². The van der Waals surface area contributed by atoms with E-state index in [0.29, 0.717) is 6.42 Å². The molecular formula is C10H17F3. The highest BCUT2D eigenvalue weighted by atomic mass is 19.4. The zero-order valence-electron chi connectivity index (χ0n) is 7.87. The lowest BCUT2D eigenvalue weighted by molar-refractivity contribution is -0.135. The topological polar surface area (TPSA) is 0 Å². The van der Waals surface area contributed by atoms with Crippen LogP contribution in [-0.2, 0) is 0 Å². The monoisotopic (exact) mass is 194 g/mol. The predicted molar refractivity (Wildman–Crippen MR) is 46.5 cm³/mol. The fourth-order valence-electron chi connectivity index (χ4n) is 2.06. The van der Waals surface area contributed by atoms with Crippen molar-refractivity contribution in [2.24, 2.45) is 5.92 Å². The van der Waals surface area contributed by atoms with Gasteiger partial charge in [-0.15, -0.1) is 0 Å². The van der Waals surface area contributed by atoms with Crippen LogP contribution in [0.2, 0.25) is 0 Å². The molecule has 1 aliphatic rings. The van der Waals surface area contributed by atoms with Gasteiger partial charge in [0, 0.05) is 6.42 Å². The van der Waals surface area contributed by atoms with E-state index in [-0.39, 0.29) is 0 Å². The maximum Gasteiger partial charge on any atom is 0.389 e. The minimum Gasteiger partial charge on any atom is -0.171 e. The first-order chi connectivity index (χ1) is 6.08. The molecule has 13 heavy (non-hydrogen) atoms. The minimum atomic E-state index is -3.95. The zero-order valence-corrected chi connectivity index (χ0v) is 7.87. The van der Waals surface area contributed by atoms with Gasteiger partial charge < -0.3 is 0 Å². The van der Waals surface area contributed by atoms with Gasteiger partial charge in [-0.05, 0) is 12.3 Å². The van der Waals surface area contributed by atoms with Gasteiger partial charge in [-0.2, -0.15) is 13.2 Å². The highest BCUT2D eigenvalue weighted by molar-refractivity contribution is 4.67. The Morgan fingerprint density at radius 1 is 1.00 bits per heavy atom. The number of rotatable bonds is 4. The molecular weight excluding hydrogens is 177 g/mol. The molecule has 0 nitrogen and oxygen atoms in total. The number of hydrogen-bond donors (Lipinski definition) is 0. The summed E-state index contributed by atoms with van der Waals surface area (Å²) in [5.74, 6) is 0.730. The average Bonchev–Trinajstić information content (AvgIpc) is 2.48. The summed E-state index contributed by atoms with van der Waals surface area (Å²) in [7, 11) is 0. The predicted octanol–water partition coefficient (Wildman–Crippen LogP) is 4.30. The Balaban J connectivity index is 1.94. The second kappa shape index (κ2) is 4.87. The fourth-order valence-corrected chi connectivity index (χ4v) is 2.06. The lowest BCUT2D eigenvalue weighted by Crippen LogP contribution is -2.06. The summed E-state index contributed by atoms with van der Waals surface area (Å²) in [4.78, 5) is 0. The van der Waals surface area contributed by atoms with Gasteiger partial charge in [0.15, 0.2) is 0 Å². The van der Waals surface area contributed by atoms with Gasteiger partial charge >= 0.3 is 6.18 Å². The first-order valence-corrected chi connectivity index (χ1v) is 5.15. The third-order valence-corrected chi connectivity index (χ3v) is 2.80. The molecule has 0 aromatic heterocycles. The van der Waals surface area contributed by atoms with Crippen molar-refractivity contribution in [2.45, 2.75) is 57.5 Å². The van der Waals surface area contributed by atoms with Crippen molar-refractivity contribution in [1.29, 1.82) is 0 Å². The lowest BCUT2D eigenvalue weighted by atomic mass is 10.00. The minimum absolute atomic E-state index is 0.319. The molecule has 1 saturated carbocycles. The van der Waals surface area contributed by atoms with Gasteiger partial charge in [0.25, 0.3) is 0 Å². The molecule has 0 atom stereocenters. The Labute approximate surface area is 77.5 Å². The molecule has 0 radical (unpaired) electrons. The maximum atomic E-state index is 11.8. The number of hydrogen-bond acceptors (Lipinski definition) is 0. The average molecular weight is 194 g/mol. The second-order valence-corrected chi connectivity index (χ2v) is 4.01. The van der Waals surface area contributed by atoms with Crippen molar-refractivity contribution in [3.63, 3.8) is 0 Å². The van der Waals surface area contributed by atoms with Crippen LogP contribution in [-0.4, -0.2) is 6.18 Å². The highest BCUT2D eigenvalue weighted by Gasteiger charge is 2.26. The van der Waals surface area contributed by atoms with E-state index in [1.807, 2.05) is 0 Å². The molecule has 0 aromatic carbocycles. The maximum absolute atomic E-state index is 11.8. The van der Waals surface area contributed by atoms with Crippen LogP contribution in [0.5, 0.6) is 0 Å². The largest absolute Gasteiger partial charge is 0.389 e. The summed E-state index contributed by atoms with van der Waals surface area (Å²) in [5.41, 5.74) is 0. The summed E-state index contributed by atoms with van der Waals surface area (Å²) in [6, 6.07) is 0. The van der Waals surface area contributed by atoms with Crippen molar-refractivity contribution in [1.82, 2.24) is 0 Å². The summed E-state index contributed by atoms with van der Waals surface area (Å²) in [5, 5.41) is 0. The Morgan fingerprint density at radius 3 is 2.15 bits per heavy atom. The van der Waals surface area contributed by atoms with Crippen LogP contribution in [0.4, 0.5) is 13.2 Å². The van der Waals surface area contributed by atoms with E-state index in [0.717, 1.165) is 18.8 Å². The number of unbranched alkanes of at least 4 members (excludes halogenated alkanes) is 1. The lowest BCUT2D eigenvalue weighted by Gasteiger charge is -2.09. The molecule has 78 valence electrons. The van der Waals surface area contributed by atoms with Crippen LogP contribution in [0, 0.1) is 5.92 Å². The molecule has 0 unspecified atom stereocenters. The van der Waals surface area contributed by atoms with E-state index in [1.54, 1.807) is 0 Å². The summed E-state index contributed by atoms with van der Waals surface area (Å²) < 4.78 is 35.3. The van der Waals surface area contributed by atoms with Crippen LogP contribution >= 0.6 is 0 Å². The van der Waals surface area contributed by atoms with E-state index >= 15 is 0 Å². The van der Waals surface area contributed by atoms with Gasteiger partial charge in [0.05, 0.1) is 0 Å². The van der Waals surface area contributed by atoms with E-state index in [9.17, 15) is 13.2 Å². The summed E-state index contributed by atoms with van der Waals surface area (Å²) >= 11 is 0. The molecule has 1 aliphatic carbocycles. The third kappa shape index (κ3) is 5.17. The molecule has 0 heterocycles. The first kappa shape index (κ1) is 10.9. The molecule has 0 spiro atoms. The molecule has 0 saturated heterocycles. The van der Waals surface area contributed by atoms with Crippen molar-refractivity contribution in [3.05, 3.63) is 0 Å².